The van der Waals surface area contributed by atoms with Gasteiger partial charge in [0.15, 0.2) is 11.6 Å². The molecule has 18 heavy (non-hydrogen) atoms. The molecule has 1 aliphatic carbocycles. The molecule has 1 saturated carbocycles. The molecule has 0 bridgehead atoms. The van der Waals surface area contributed by atoms with Gasteiger partial charge in [0.05, 0.1) is 0 Å². The van der Waals surface area contributed by atoms with Gasteiger partial charge in [0.1, 0.15) is 0 Å². The van der Waals surface area contributed by atoms with Crippen LogP contribution in [0.3, 0.4) is 0 Å². The van der Waals surface area contributed by atoms with Gasteiger partial charge in [-0.2, -0.15) is 0 Å². The number of benzene rings is 1. The van der Waals surface area contributed by atoms with Gasteiger partial charge in [-0.3, -0.25) is 0 Å². The van der Waals surface area contributed by atoms with Crippen LogP contribution in [-0.2, 0) is 5.41 Å². The molecule has 1 aromatic carbocycles. The lowest BCUT2D eigenvalue weighted by molar-refractivity contribution is 0.286. The quantitative estimate of drug-likeness (QED) is 0.862. The minimum Gasteiger partial charge on any atom is -0.505 e. The van der Waals surface area contributed by atoms with Crippen molar-refractivity contribution in [2.75, 3.05) is 6.54 Å². The predicted octanol–water partition coefficient (Wildman–Crippen LogP) is 3.65. The fraction of sp³-hybridized carbons (Fsp3) is 0.571. The maximum atomic E-state index is 13.7. The third-order valence-electron chi connectivity index (χ3n) is 4.18. The second-order valence-corrected chi connectivity index (χ2v) is 5.64. The molecule has 0 amide bonds. The molecule has 2 rings (SSSR count). The molecule has 0 saturated heterocycles. The molecular formula is C14H19ClFNO. The standard InChI is InChI=1S/C14H19ClFNO/c1-9-10(15)7-11(16)13(18)12(9)14(8-17)5-3-2-4-6-14/h7,18H,2-6,8,17H2,1H3. The Kier molecular flexibility index (Phi) is 3.83. The van der Waals surface area contributed by atoms with Crippen molar-refractivity contribution in [3.05, 3.63) is 28.0 Å². The van der Waals surface area contributed by atoms with E-state index in [0.29, 0.717) is 17.1 Å². The number of aromatic hydroxyl groups is 1. The van der Waals surface area contributed by atoms with E-state index in [-0.39, 0.29) is 11.2 Å². The van der Waals surface area contributed by atoms with Gasteiger partial charge in [0.25, 0.3) is 0 Å². The molecule has 0 radical (unpaired) electrons. The highest BCUT2D eigenvalue weighted by Gasteiger charge is 2.37. The first-order chi connectivity index (χ1) is 8.52. The summed E-state index contributed by atoms with van der Waals surface area (Å²) in [7, 11) is 0. The Labute approximate surface area is 112 Å². The molecule has 0 heterocycles. The number of phenolic OH excluding ortho intramolecular Hbond substituents is 1. The van der Waals surface area contributed by atoms with Crippen LogP contribution in [0.4, 0.5) is 4.39 Å². The lowest BCUT2D eigenvalue weighted by atomic mass is 9.68. The predicted molar refractivity (Wildman–Crippen MR) is 71.6 cm³/mol. The minimum atomic E-state index is -0.654. The SMILES string of the molecule is Cc1c(Cl)cc(F)c(O)c1C1(CN)CCCCC1. The molecule has 0 spiro atoms. The molecule has 100 valence electrons. The van der Waals surface area contributed by atoms with Crippen LogP contribution in [0.25, 0.3) is 0 Å². The lowest BCUT2D eigenvalue weighted by Gasteiger charge is -2.38. The van der Waals surface area contributed by atoms with Crippen LogP contribution in [0.1, 0.15) is 43.2 Å². The maximum Gasteiger partial charge on any atom is 0.166 e. The normalized spacial score (nSPS) is 18.9. The van der Waals surface area contributed by atoms with Gasteiger partial charge in [-0.15, -0.1) is 0 Å². The second kappa shape index (κ2) is 5.06. The summed E-state index contributed by atoms with van der Waals surface area (Å²) in [5.41, 5.74) is 6.98. The molecule has 0 unspecified atom stereocenters. The number of nitrogens with two attached hydrogens (primary N) is 1. The van der Waals surface area contributed by atoms with Gasteiger partial charge in [-0.1, -0.05) is 30.9 Å². The molecule has 0 aromatic heterocycles. The zero-order valence-electron chi connectivity index (χ0n) is 10.6. The summed E-state index contributed by atoms with van der Waals surface area (Å²) in [5, 5.41) is 10.4. The first-order valence-corrected chi connectivity index (χ1v) is 6.78. The topological polar surface area (TPSA) is 46.2 Å². The number of hydrogen-bond acceptors (Lipinski definition) is 2. The molecule has 0 atom stereocenters. The zero-order chi connectivity index (χ0) is 13.3. The summed E-state index contributed by atoms with van der Waals surface area (Å²) in [6, 6.07) is 1.17. The molecule has 3 N–H and O–H groups in total. The number of halogens is 2. The van der Waals surface area contributed by atoms with E-state index in [1.54, 1.807) is 0 Å². The second-order valence-electron chi connectivity index (χ2n) is 5.23. The first kappa shape index (κ1) is 13.6. The van der Waals surface area contributed by atoms with Gasteiger partial charge < -0.3 is 10.8 Å². The summed E-state index contributed by atoms with van der Waals surface area (Å²) in [6.45, 7) is 2.24. The van der Waals surface area contributed by atoms with Crippen LogP contribution in [0.15, 0.2) is 6.07 Å². The van der Waals surface area contributed by atoms with E-state index in [2.05, 4.69) is 0 Å². The Hall–Kier alpha value is -0.800. The van der Waals surface area contributed by atoms with E-state index in [9.17, 15) is 9.50 Å². The van der Waals surface area contributed by atoms with Gasteiger partial charge in [0, 0.05) is 22.5 Å². The van der Waals surface area contributed by atoms with E-state index in [0.717, 1.165) is 31.2 Å². The first-order valence-electron chi connectivity index (χ1n) is 6.40. The lowest BCUT2D eigenvalue weighted by Crippen LogP contribution is -2.38. The number of phenols is 1. The monoisotopic (exact) mass is 271 g/mol. The van der Waals surface area contributed by atoms with Gasteiger partial charge in [-0.25, -0.2) is 4.39 Å². The van der Waals surface area contributed by atoms with Crippen molar-refractivity contribution in [3.8, 4) is 5.75 Å². The Morgan fingerprint density at radius 2 is 2.00 bits per heavy atom. The zero-order valence-corrected chi connectivity index (χ0v) is 11.4. The third-order valence-corrected chi connectivity index (χ3v) is 4.57. The van der Waals surface area contributed by atoms with Crippen molar-refractivity contribution in [3.63, 3.8) is 0 Å². The highest BCUT2D eigenvalue weighted by molar-refractivity contribution is 6.31. The molecule has 1 fully saturated rings. The van der Waals surface area contributed by atoms with Crippen molar-refractivity contribution in [2.24, 2.45) is 5.73 Å². The third kappa shape index (κ3) is 2.10. The molecule has 4 heteroatoms. The van der Waals surface area contributed by atoms with E-state index in [1.807, 2.05) is 6.92 Å². The number of rotatable bonds is 2. The average Bonchev–Trinajstić information content (AvgIpc) is 2.38. The average molecular weight is 272 g/mol. The fourth-order valence-electron chi connectivity index (χ4n) is 3.14. The highest BCUT2D eigenvalue weighted by Crippen LogP contribution is 2.46. The Morgan fingerprint density at radius 3 is 2.56 bits per heavy atom. The van der Waals surface area contributed by atoms with Gasteiger partial charge >= 0.3 is 0 Å². The van der Waals surface area contributed by atoms with E-state index < -0.39 is 5.82 Å². The molecule has 1 aromatic rings. The summed E-state index contributed by atoms with van der Waals surface area (Å²) in [5.74, 6) is -0.928. The van der Waals surface area contributed by atoms with Gasteiger partial charge in [-0.05, 0) is 31.4 Å². The van der Waals surface area contributed by atoms with Crippen LogP contribution in [0.2, 0.25) is 5.02 Å². The van der Waals surface area contributed by atoms with Crippen molar-refractivity contribution < 1.29 is 9.50 Å². The Morgan fingerprint density at radius 1 is 1.39 bits per heavy atom. The van der Waals surface area contributed by atoms with Crippen molar-refractivity contribution in [2.45, 2.75) is 44.4 Å². The van der Waals surface area contributed by atoms with Crippen LogP contribution in [0, 0.1) is 12.7 Å². The van der Waals surface area contributed by atoms with E-state index in [4.69, 9.17) is 17.3 Å². The molecular weight excluding hydrogens is 253 g/mol. The molecule has 2 nitrogen and oxygen atoms in total. The smallest absolute Gasteiger partial charge is 0.166 e. The van der Waals surface area contributed by atoms with Crippen molar-refractivity contribution in [1.29, 1.82) is 0 Å². The maximum absolute atomic E-state index is 13.7. The van der Waals surface area contributed by atoms with Crippen LogP contribution >= 0.6 is 11.6 Å². The highest BCUT2D eigenvalue weighted by atomic mass is 35.5. The van der Waals surface area contributed by atoms with Crippen LogP contribution in [-0.4, -0.2) is 11.7 Å². The van der Waals surface area contributed by atoms with Crippen molar-refractivity contribution in [1.82, 2.24) is 0 Å². The summed E-state index contributed by atoms with van der Waals surface area (Å²) in [6.07, 6.45) is 5.06. The van der Waals surface area contributed by atoms with Crippen molar-refractivity contribution >= 4 is 11.6 Å². The van der Waals surface area contributed by atoms with E-state index >= 15 is 0 Å². The summed E-state index contributed by atoms with van der Waals surface area (Å²) < 4.78 is 13.7. The summed E-state index contributed by atoms with van der Waals surface area (Å²) in [4.78, 5) is 0. The van der Waals surface area contributed by atoms with E-state index in [1.165, 1.54) is 12.5 Å². The Balaban J connectivity index is 2.61. The molecule has 1 aliphatic rings. The van der Waals surface area contributed by atoms with Gasteiger partial charge in [0.2, 0.25) is 0 Å². The Bertz CT molecular complexity index is 429. The fourth-order valence-corrected chi connectivity index (χ4v) is 3.33. The van der Waals surface area contributed by atoms with Crippen LogP contribution < -0.4 is 5.73 Å². The molecule has 0 aliphatic heterocycles. The largest absolute Gasteiger partial charge is 0.505 e. The number of hydrogen-bond donors (Lipinski definition) is 2. The van der Waals surface area contributed by atoms with Crippen LogP contribution in [0.5, 0.6) is 5.75 Å². The minimum absolute atomic E-state index is 0.274. The summed E-state index contributed by atoms with van der Waals surface area (Å²) >= 11 is 6.04.